The summed E-state index contributed by atoms with van der Waals surface area (Å²) in [7, 11) is 0. The van der Waals surface area contributed by atoms with Crippen molar-refractivity contribution < 1.29 is 4.79 Å². The molecular formula is C7H15NOS2. The molecule has 0 heterocycles. The Morgan fingerprint density at radius 1 is 1.64 bits per heavy atom. The third-order valence-corrected chi connectivity index (χ3v) is 1.99. The monoisotopic (exact) mass is 193 g/mol. The van der Waals surface area contributed by atoms with Gasteiger partial charge in [-0.2, -0.15) is 25.3 Å². The van der Waals surface area contributed by atoms with E-state index < -0.39 is 0 Å². The fraction of sp³-hybridized carbons (Fsp3) is 0.857. The van der Waals surface area contributed by atoms with Crippen molar-refractivity contribution in [3.63, 3.8) is 0 Å². The minimum absolute atomic E-state index is 0.0178. The zero-order valence-electron chi connectivity index (χ0n) is 6.71. The fourth-order valence-electron chi connectivity index (χ4n) is 0.701. The van der Waals surface area contributed by atoms with Crippen LogP contribution >= 0.6 is 25.3 Å². The fourth-order valence-corrected chi connectivity index (χ4v) is 1.16. The predicted molar refractivity (Wildman–Crippen MR) is 54.5 cm³/mol. The lowest BCUT2D eigenvalue weighted by Gasteiger charge is -2.08. The summed E-state index contributed by atoms with van der Waals surface area (Å²) in [4.78, 5) is 11.1. The van der Waals surface area contributed by atoms with Gasteiger partial charge in [-0.3, -0.25) is 4.79 Å². The highest BCUT2D eigenvalue weighted by molar-refractivity contribution is 7.81. The lowest BCUT2D eigenvalue weighted by molar-refractivity contribution is -0.120. The molecule has 0 fully saturated rings. The molecule has 0 radical (unpaired) electrons. The largest absolute Gasteiger partial charge is 0.354 e. The first-order valence-corrected chi connectivity index (χ1v) is 4.93. The topological polar surface area (TPSA) is 29.1 Å². The number of nitrogens with one attached hydrogen (secondary N) is 1. The maximum absolute atomic E-state index is 11.1. The van der Waals surface area contributed by atoms with Crippen LogP contribution in [0.4, 0.5) is 0 Å². The van der Waals surface area contributed by atoms with Crippen LogP contribution in [-0.2, 0) is 4.79 Å². The van der Waals surface area contributed by atoms with Crippen LogP contribution in [0.1, 0.15) is 19.8 Å². The Labute approximate surface area is 79.0 Å². The molecule has 4 heteroatoms. The van der Waals surface area contributed by atoms with Crippen molar-refractivity contribution in [2.75, 3.05) is 12.3 Å². The normalized spacial score (nSPS) is 12.6. The smallest absolute Gasteiger partial charge is 0.232 e. The van der Waals surface area contributed by atoms with Gasteiger partial charge in [0.05, 0.1) is 5.25 Å². The van der Waals surface area contributed by atoms with Crippen molar-refractivity contribution in [1.82, 2.24) is 5.32 Å². The number of carbonyl (C=O) groups is 1. The first-order valence-electron chi connectivity index (χ1n) is 3.79. The van der Waals surface area contributed by atoms with Gasteiger partial charge in [-0.1, -0.05) is 13.3 Å². The number of carbonyl (C=O) groups excluding carboxylic acids is 1. The number of hydrogen-bond acceptors (Lipinski definition) is 3. The third-order valence-electron chi connectivity index (χ3n) is 1.28. The van der Waals surface area contributed by atoms with E-state index in [4.69, 9.17) is 0 Å². The molecule has 0 aliphatic heterocycles. The summed E-state index contributed by atoms with van der Waals surface area (Å²) in [6.45, 7) is 2.66. The molecule has 0 aromatic carbocycles. The van der Waals surface area contributed by atoms with Gasteiger partial charge in [0.1, 0.15) is 0 Å². The van der Waals surface area contributed by atoms with Gasteiger partial charge < -0.3 is 5.32 Å². The SMILES string of the molecule is CCCC(S)C(=O)NCCS. The third kappa shape index (κ3) is 5.44. The second-order valence-electron chi connectivity index (χ2n) is 2.32. The summed E-state index contributed by atoms with van der Waals surface area (Å²) in [5.41, 5.74) is 0. The van der Waals surface area contributed by atoms with E-state index in [1.54, 1.807) is 0 Å². The average molecular weight is 193 g/mol. The standard InChI is InChI=1S/C7H15NOS2/c1-2-3-6(11)7(9)8-4-5-10/h6,10-11H,2-5H2,1H3,(H,8,9). The minimum atomic E-state index is -0.153. The van der Waals surface area contributed by atoms with Gasteiger partial charge in [-0.25, -0.2) is 0 Å². The summed E-state index contributed by atoms with van der Waals surface area (Å²) in [5.74, 6) is 0.697. The van der Waals surface area contributed by atoms with E-state index in [-0.39, 0.29) is 11.2 Å². The second-order valence-corrected chi connectivity index (χ2v) is 3.39. The van der Waals surface area contributed by atoms with Crippen LogP contribution in [0.3, 0.4) is 0 Å². The highest BCUT2D eigenvalue weighted by Crippen LogP contribution is 2.03. The van der Waals surface area contributed by atoms with Gasteiger partial charge in [0.2, 0.25) is 5.91 Å². The van der Waals surface area contributed by atoms with E-state index in [0.29, 0.717) is 12.3 Å². The lowest BCUT2D eigenvalue weighted by atomic mass is 10.2. The van der Waals surface area contributed by atoms with Crippen molar-refractivity contribution in [2.24, 2.45) is 0 Å². The first-order chi connectivity index (χ1) is 5.22. The van der Waals surface area contributed by atoms with Crippen LogP contribution < -0.4 is 5.32 Å². The predicted octanol–water partition coefficient (Wildman–Crippen LogP) is 1.13. The Morgan fingerprint density at radius 3 is 2.73 bits per heavy atom. The van der Waals surface area contributed by atoms with Gasteiger partial charge >= 0.3 is 0 Å². The molecule has 0 aromatic heterocycles. The maximum Gasteiger partial charge on any atom is 0.232 e. The Morgan fingerprint density at radius 2 is 2.27 bits per heavy atom. The summed E-state index contributed by atoms with van der Waals surface area (Å²) >= 11 is 8.12. The second kappa shape index (κ2) is 6.85. The van der Waals surface area contributed by atoms with Gasteiger partial charge in [0.15, 0.2) is 0 Å². The molecule has 0 bridgehead atoms. The van der Waals surface area contributed by atoms with Crippen molar-refractivity contribution in [1.29, 1.82) is 0 Å². The Kier molecular flexibility index (Phi) is 6.96. The lowest BCUT2D eigenvalue weighted by Crippen LogP contribution is -2.32. The Bertz CT molecular complexity index is 119. The molecule has 11 heavy (non-hydrogen) atoms. The van der Waals surface area contributed by atoms with E-state index in [1.807, 2.05) is 6.92 Å². The summed E-state index contributed by atoms with van der Waals surface area (Å²) < 4.78 is 0. The van der Waals surface area contributed by atoms with Crippen LogP contribution in [-0.4, -0.2) is 23.5 Å². The van der Waals surface area contributed by atoms with E-state index in [9.17, 15) is 4.79 Å². The molecule has 1 atom stereocenters. The van der Waals surface area contributed by atoms with E-state index in [2.05, 4.69) is 30.6 Å². The molecule has 0 aliphatic rings. The molecule has 1 amide bonds. The van der Waals surface area contributed by atoms with Gasteiger partial charge in [0.25, 0.3) is 0 Å². The van der Waals surface area contributed by atoms with Crippen LogP contribution in [0.5, 0.6) is 0 Å². The molecule has 0 spiro atoms. The first kappa shape index (κ1) is 11.2. The summed E-state index contributed by atoms with van der Waals surface area (Å²) in [5, 5.41) is 2.57. The van der Waals surface area contributed by atoms with Gasteiger partial charge in [-0.05, 0) is 6.42 Å². The molecule has 0 saturated heterocycles. The minimum Gasteiger partial charge on any atom is -0.354 e. The average Bonchev–Trinajstić information content (AvgIpc) is 2.00. The van der Waals surface area contributed by atoms with Gasteiger partial charge in [-0.15, -0.1) is 0 Å². The quantitative estimate of drug-likeness (QED) is 0.561. The van der Waals surface area contributed by atoms with E-state index >= 15 is 0 Å². The van der Waals surface area contributed by atoms with Crippen LogP contribution in [0, 0.1) is 0 Å². The number of hydrogen-bond donors (Lipinski definition) is 3. The zero-order chi connectivity index (χ0) is 8.69. The van der Waals surface area contributed by atoms with Crippen LogP contribution in [0.25, 0.3) is 0 Å². The highest BCUT2D eigenvalue weighted by atomic mass is 32.1. The molecule has 0 saturated carbocycles. The van der Waals surface area contributed by atoms with Crippen molar-refractivity contribution >= 4 is 31.2 Å². The Hall–Kier alpha value is 0.170. The molecule has 2 nitrogen and oxygen atoms in total. The molecule has 1 unspecified atom stereocenters. The van der Waals surface area contributed by atoms with Crippen molar-refractivity contribution in [3.05, 3.63) is 0 Å². The molecule has 0 rings (SSSR count). The molecule has 0 aromatic rings. The molecule has 1 N–H and O–H groups in total. The van der Waals surface area contributed by atoms with Crippen molar-refractivity contribution in [2.45, 2.75) is 25.0 Å². The van der Waals surface area contributed by atoms with Crippen LogP contribution in [0.2, 0.25) is 0 Å². The Balaban J connectivity index is 3.47. The summed E-state index contributed by atoms with van der Waals surface area (Å²) in [6, 6.07) is 0. The van der Waals surface area contributed by atoms with Gasteiger partial charge in [0, 0.05) is 12.3 Å². The maximum atomic E-state index is 11.1. The molecule has 66 valence electrons. The van der Waals surface area contributed by atoms with Crippen molar-refractivity contribution in [3.8, 4) is 0 Å². The number of amides is 1. The van der Waals surface area contributed by atoms with E-state index in [1.165, 1.54) is 0 Å². The highest BCUT2D eigenvalue weighted by Gasteiger charge is 2.10. The van der Waals surface area contributed by atoms with E-state index in [0.717, 1.165) is 12.8 Å². The molecular weight excluding hydrogens is 178 g/mol. The van der Waals surface area contributed by atoms with Crippen LogP contribution in [0.15, 0.2) is 0 Å². The zero-order valence-corrected chi connectivity index (χ0v) is 8.50. The summed E-state index contributed by atoms with van der Waals surface area (Å²) in [6.07, 6.45) is 1.82. The number of rotatable bonds is 5. The number of thiol groups is 2. The molecule has 0 aliphatic carbocycles.